The van der Waals surface area contributed by atoms with Crippen LogP contribution in [0, 0.1) is 0 Å². The number of aromatic carboxylic acids is 1. The van der Waals surface area contributed by atoms with E-state index in [4.69, 9.17) is 21.4 Å². The molecule has 0 spiro atoms. The lowest BCUT2D eigenvalue weighted by Gasteiger charge is -2.08. The molecule has 0 aliphatic heterocycles. The van der Waals surface area contributed by atoms with E-state index in [1.807, 2.05) is 0 Å². The Bertz CT molecular complexity index is 612. The van der Waals surface area contributed by atoms with Crippen molar-refractivity contribution in [1.82, 2.24) is 10.2 Å². The van der Waals surface area contributed by atoms with Gasteiger partial charge in [0.15, 0.2) is 0 Å². The summed E-state index contributed by atoms with van der Waals surface area (Å²) >= 11 is 9.36. The summed E-state index contributed by atoms with van der Waals surface area (Å²) in [6, 6.07) is 4.87. The molecule has 0 aliphatic rings. The van der Waals surface area contributed by atoms with Gasteiger partial charge >= 0.3 is 5.97 Å². The third-order valence-corrected chi connectivity index (χ3v) is 3.04. The lowest BCUT2D eigenvalue weighted by atomic mass is 10.1. The summed E-state index contributed by atoms with van der Waals surface area (Å²) < 4.78 is 5.95. The Morgan fingerprint density at radius 1 is 1.50 bits per heavy atom. The van der Waals surface area contributed by atoms with Gasteiger partial charge in [-0.1, -0.05) is 27.5 Å². The van der Waals surface area contributed by atoms with Gasteiger partial charge in [-0.2, -0.15) is 5.10 Å². The topological polar surface area (TPSA) is 75.2 Å². The number of rotatable bonds is 3. The number of halogens is 2. The number of methoxy groups -OCH3 is 1. The van der Waals surface area contributed by atoms with Crippen LogP contribution in [0.5, 0.6) is 5.75 Å². The van der Waals surface area contributed by atoms with E-state index in [1.165, 1.54) is 13.2 Å². The monoisotopic (exact) mass is 330 g/mol. The van der Waals surface area contributed by atoms with Gasteiger partial charge in [-0.05, 0) is 18.2 Å². The van der Waals surface area contributed by atoms with Crippen molar-refractivity contribution >= 4 is 33.5 Å². The van der Waals surface area contributed by atoms with Crippen molar-refractivity contribution in [2.45, 2.75) is 0 Å². The number of aromatic nitrogens is 2. The molecule has 94 valence electrons. The predicted octanol–water partition coefficient (Wildman–Crippen LogP) is 3.20. The second kappa shape index (κ2) is 4.99. The SMILES string of the molecule is COc1c(Cl)cc(Br)cc1-c1cc(C(=O)O)[nH]n1. The Kier molecular flexibility index (Phi) is 3.58. The summed E-state index contributed by atoms with van der Waals surface area (Å²) in [6.07, 6.45) is 0. The molecule has 0 saturated carbocycles. The van der Waals surface area contributed by atoms with Crippen LogP contribution in [0.4, 0.5) is 0 Å². The quantitative estimate of drug-likeness (QED) is 0.905. The summed E-state index contributed by atoms with van der Waals surface area (Å²) in [5, 5.41) is 15.6. The lowest BCUT2D eigenvalue weighted by molar-refractivity contribution is 0.0690. The molecule has 0 unspecified atom stereocenters. The number of nitrogens with zero attached hydrogens (tertiary/aromatic N) is 1. The molecule has 2 N–H and O–H groups in total. The smallest absolute Gasteiger partial charge is 0.353 e. The van der Waals surface area contributed by atoms with E-state index in [-0.39, 0.29) is 5.69 Å². The molecule has 18 heavy (non-hydrogen) atoms. The zero-order valence-corrected chi connectivity index (χ0v) is 11.5. The number of carbonyl (C=O) groups is 1. The summed E-state index contributed by atoms with van der Waals surface area (Å²) in [4.78, 5) is 10.8. The van der Waals surface area contributed by atoms with Crippen LogP contribution < -0.4 is 4.74 Å². The van der Waals surface area contributed by atoms with Crippen LogP contribution in [0.2, 0.25) is 5.02 Å². The van der Waals surface area contributed by atoms with Gasteiger partial charge in [0.25, 0.3) is 0 Å². The number of hydrogen-bond donors (Lipinski definition) is 2. The first kappa shape index (κ1) is 12.9. The minimum Gasteiger partial charge on any atom is -0.494 e. The number of carboxylic acid groups (broad SMARTS) is 1. The van der Waals surface area contributed by atoms with Gasteiger partial charge in [-0.15, -0.1) is 0 Å². The first-order valence-corrected chi connectivity index (χ1v) is 6.02. The van der Waals surface area contributed by atoms with E-state index < -0.39 is 5.97 Å². The van der Waals surface area contributed by atoms with Crippen molar-refractivity contribution in [1.29, 1.82) is 0 Å². The van der Waals surface area contributed by atoms with Crippen molar-refractivity contribution in [3.8, 4) is 17.0 Å². The van der Waals surface area contributed by atoms with E-state index in [2.05, 4.69) is 26.1 Å². The first-order chi connectivity index (χ1) is 8.52. The van der Waals surface area contributed by atoms with E-state index in [0.29, 0.717) is 22.0 Å². The zero-order chi connectivity index (χ0) is 13.3. The lowest BCUT2D eigenvalue weighted by Crippen LogP contribution is -1.95. The van der Waals surface area contributed by atoms with Gasteiger partial charge in [-0.3, -0.25) is 5.10 Å². The van der Waals surface area contributed by atoms with Crippen molar-refractivity contribution in [3.05, 3.63) is 33.4 Å². The van der Waals surface area contributed by atoms with Crippen LogP contribution in [0.3, 0.4) is 0 Å². The van der Waals surface area contributed by atoms with Gasteiger partial charge in [0.1, 0.15) is 11.4 Å². The number of aromatic amines is 1. The molecule has 1 aromatic carbocycles. The molecule has 0 amide bonds. The Hall–Kier alpha value is -1.53. The summed E-state index contributed by atoms with van der Waals surface area (Å²) in [6.45, 7) is 0. The highest BCUT2D eigenvalue weighted by atomic mass is 79.9. The minimum absolute atomic E-state index is 0.00292. The number of nitrogens with one attached hydrogen (secondary N) is 1. The van der Waals surface area contributed by atoms with Gasteiger partial charge in [0, 0.05) is 10.0 Å². The molecule has 0 radical (unpaired) electrons. The molecule has 0 aliphatic carbocycles. The number of H-pyrrole nitrogens is 1. The fourth-order valence-corrected chi connectivity index (χ4v) is 2.41. The molecule has 0 bridgehead atoms. The predicted molar refractivity (Wildman–Crippen MR) is 70.2 cm³/mol. The maximum Gasteiger partial charge on any atom is 0.353 e. The Balaban J connectivity index is 2.58. The van der Waals surface area contributed by atoms with Crippen LogP contribution >= 0.6 is 27.5 Å². The molecule has 7 heteroatoms. The largest absolute Gasteiger partial charge is 0.494 e. The van der Waals surface area contributed by atoms with Gasteiger partial charge in [0.2, 0.25) is 0 Å². The highest BCUT2D eigenvalue weighted by molar-refractivity contribution is 9.10. The van der Waals surface area contributed by atoms with Crippen LogP contribution in [-0.4, -0.2) is 28.4 Å². The van der Waals surface area contributed by atoms with Gasteiger partial charge in [-0.25, -0.2) is 4.79 Å². The Morgan fingerprint density at radius 2 is 2.22 bits per heavy atom. The van der Waals surface area contributed by atoms with Crippen molar-refractivity contribution < 1.29 is 14.6 Å². The van der Waals surface area contributed by atoms with E-state index >= 15 is 0 Å². The van der Waals surface area contributed by atoms with E-state index in [1.54, 1.807) is 12.1 Å². The zero-order valence-electron chi connectivity index (χ0n) is 9.20. The fraction of sp³-hybridized carbons (Fsp3) is 0.0909. The average molecular weight is 332 g/mol. The molecule has 0 saturated heterocycles. The molecule has 0 atom stereocenters. The average Bonchev–Trinajstić information content (AvgIpc) is 2.77. The standard InChI is InChI=1S/C11H8BrClN2O3/c1-18-10-6(2-5(12)3-7(10)13)8-4-9(11(16)17)15-14-8/h2-4H,1H3,(H,14,15)(H,16,17). The normalized spacial score (nSPS) is 10.4. The Labute approximate surface area is 116 Å². The van der Waals surface area contributed by atoms with Crippen LogP contribution in [0.15, 0.2) is 22.7 Å². The van der Waals surface area contributed by atoms with Gasteiger partial charge < -0.3 is 9.84 Å². The summed E-state index contributed by atoms with van der Waals surface area (Å²) in [7, 11) is 1.49. The highest BCUT2D eigenvalue weighted by Gasteiger charge is 2.16. The first-order valence-electron chi connectivity index (χ1n) is 4.85. The van der Waals surface area contributed by atoms with Crippen LogP contribution in [0.1, 0.15) is 10.5 Å². The maximum absolute atomic E-state index is 10.8. The second-order valence-electron chi connectivity index (χ2n) is 3.44. The number of ether oxygens (including phenoxy) is 1. The van der Waals surface area contributed by atoms with E-state index in [9.17, 15) is 4.79 Å². The molecule has 1 heterocycles. The van der Waals surface area contributed by atoms with Crippen LogP contribution in [0.25, 0.3) is 11.3 Å². The van der Waals surface area contributed by atoms with Crippen LogP contribution in [-0.2, 0) is 0 Å². The summed E-state index contributed by atoms with van der Waals surface area (Å²) in [5.41, 5.74) is 1.07. The van der Waals surface area contributed by atoms with Crippen molar-refractivity contribution in [3.63, 3.8) is 0 Å². The fourth-order valence-electron chi connectivity index (χ4n) is 1.53. The van der Waals surface area contributed by atoms with Crippen molar-refractivity contribution in [2.75, 3.05) is 7.11 Å². The molecule has 1 aromatic heterocycles. The Morgan fingerprint density at radius 3 is 2.78 bits per heavy atom. The number of benzene rings is 1. The maximum atomic E-state index is 10.8. The molecular formula is C11H8BrClN2O3. The second-order valence-corrected chi connectivity index (χ2v) is 4.76. The molecule has 2 aromatic rings. The molecule has 5 nitrogen and oxygen atoms in total. The third kappa shape index (κ3) is 2.34. The summed E-state index contributed by atoms with van der Waals surface area (Å²) in [5.74, 6) is -0.628. The molecule has 2 rings (SSSR count). The van der Waals surface area contributed by atoms with Gasteiger partial charge in [0.05, 0.1) is 17.8 Å². The highest BCUT2D eigenvalue weighted by Crippen LogP contribution is 2.38. The third-order valence-electron chi connectivity index (χ3n) is 2.30. The number of hydrogen-bond acceptors (Lipinski definition) is 3. The number of carboxylic acids is 1. The molecule has 0 fully saturated rings. The minimum atomic E-state index is -1.08. The van der Waals surface area contributed by atoms with E-state index in [0.717, 1.165) is 4.47 Å². The molecular weight excluding hydrogens is 323 g/mol. The van der Waals surface area contributed by atoms with Crippen molar-refractivity contribution in [2.24, 2.45) is 0 Å².